The number of nitrogens with zero attached hydrogens (tertiary/aromatic N) is 3. The van der Waals surface area contributed by atoms with Crippen molar-refractivity contribution in [3.05, 3.63) is 87.2 Å². The monoisotopic (exact) mass is 450 g/mol. The van der Waals surface area contributed by atoms with Crippen LogP contribution in [0.3, 0.4) is 0 Å². The number of hydrogen-bond acceptors (Lipinski definition) is 3. The second-order valence-corrected chi connectivity index (χ2v) is 9.09. The molecule has 0 spiro atoms. The van der Waals surface area contributed by atoms with Crippen LogP contribution in [0, 0.1) is 20.8 Å². The summed E-state index contributed by atoms with van der Waals surface area (Å²) in [7, 11) is 0. The van der Waals surface area contributed by atoms with Crippen LogP contribution in [0.4, 0.5) is 0 Å². The van der Waals surface area contributed by atoms with Gasteiger partial charge in [0.25, 0.3) is 5.91 Å². The third-order valence-corrected chi connectivity index (χ3v) is 6.71. The average molecular weight is 451 g/mol. The van der Waals surface area contributed by atoms with Crippen molar-refractivity contribution in [1.29, 1.82) is 0 Å². The lowest BCUT2D eigenvalue weighted by molar-refractivity contribution is 0.0936. The number of carbonyl (C=O) groups excluding carboxylic acids is 1. The zero-order valence-corrected chi connectivity index (χ0v) is 19.8. The molecular formula is C26H31ClN4O. The van der Waals surface area contributed by atoms with Crippen LogP contribution in [0.1, 0.15) is 57.3 Å². The zero-order chi connectivity index (χ0) is 22.7. The highest BCUT2D eigenvalue weighted by molar-refractivity contribution is 6.31. The summed E-state index contributed by atoms with van der Waals surface area (Å²) in [5.41, 5.74) is 5.77. The highest BCUT2D eigenvalue weighted by atomic mass is 35.5. The normalized spacial score (nSPS) is 15.1. The molecule has 4 rings (SSSR count). The Morgan fingerprint density at radius 3 is 2.44 bits per heavy atom. The van der Waals surface area contributed by atoms with Crippen LogP contribution in [-0.2, 0) is 6.54 Å². The molecule has 168 valence electrons. The SMILES string of the molecule is Cc1ccc(Cn2nc(C)c(C(=O)NC[C@@H](c3ccccc3Cl)N3CCCC3)c2C)cc1. The lowest BCUT2D eigenvalue weighted by Crippen LogP contribution is -2.37. The summed E-state index contributed by atoms with van der Waals surface area (Å²) in [6, 6.07) is 16.4. The Labute approximate surface area is 195 Å². The summed E-state index contributed by atoms with van der Waals surface area (Å²) in [5, 5.41) is 8.57. The molecule has 1 fully saturated rings. The molecule has 6 heteroatoms. The van der Waals surface area contributed by atoms with E-state index in [0.29, 0.717) is 18.7 Å². The van der Waals surface area contributed by atoms with Gasteiger partial charge >= 0.3 is 0 Å². The summed E-state index contributed by atoms with van der Waals surface area (Å²) < 4.78 is 1.92. The van der Waals surface area contributed by atoms with Crippen LogP contribution >= 0.6 is 11.6 Å². The van der Waals surface area contributed by atoms with E-state index in [2.05, 4.69) is 52.6 Å². The summed E-state index contributed by atoms with van der Waals surface area (Å²) in [4.78, 5) is 15.6. The summed E-state index contributed by atoms with van der Waals surface area (Å²) in [5.74, 6) is -0.0774. The fourth-order valence-electron chi connectivity index (χ4n) is 4.56. The summed E-state index contributed by atoms with van der Waals surface area (Å²) >= 11 is 6.52. The van der Waals surface area contributed by atoms with Crippen LogP contribution in [-0.4, -0.2) is 40.2 Å². The Morgan fingerprint density at radius 2 is 1.75 bits per heavy atom. The van der Waals surface area contributed by atoms with Gasteiger partial charge in [-0.25, -0.2) is 0 Å². The van der Waals surface area contributed by atoms with E-state index in [-0.39, 0.29) is 11.9 Å². The van der Waals surface area contributed by atoms with E-state index in [1.54, 1.807) is 0 Å². The van der Waals surface area contributed by atoms with Gasteiger partial charge in [-0.15, -0.1) is 0 Å². The first-order valence-electron chi connectivity index (χ1n) is 11.3. The van der Waals surface area contributed by atoms with E-state index >= 15 is 0 Å². The Bertz CT molecular complexity index is 1080. The van der Waals surface area contributed by atoms with E-state index < -0.39 is 0 Å². The van der Waals surface area contributed by atoms with E-state index in [0.717, 1.165) is 35.1 Å². The van der Waals surface area contributed by atoms with Gasteiger partial charge in [-0.05, 0) is 63.9 Å². The third kappa shape index (κ3) is 4.89. The number of aromatic nitrogens is 2. The van der Waals surface area contributed by atoms with Crippen LogP contribution < -0.4 is 5.32 Å². The number of carbonyl (C=O) groups is 1. The highest BCUT2D eigenvalue weighted by Crippen LogP contribution is 2.30. The molecule has 0 saturated carbocycles. The van der Waals surface area contributed by atoms with Gasteiger partial charge in [-0.2, -0.15) is 5.10 Å². The first-order valence-corrected chi connectivity index (χ1v) is 11.7. The Morgan fingerprint density at radius 1 is 1.06 bits per heavy atom. The predicted octanol–water partition coefficient (Wildman–Crippen LogP) is 5.08. The molecule has 2 aromatic carbocycles. The molecule has 1 saturated heterocycles. The fourth-order valence-corrected chi connectivity index (χ4v) is 4.82. The van der Waals surface area contributed by atoms with E-state index in [4.69, 9.17) is 11.6 Å². The predicted molar refractivity (Wildman–Crippen MR) is 129 cm³/mol. The number of benzene rings is 2. The van der Waals surface area contributed by atoms with Crippen LogP contribution in [0.2, 0.25) is 5.02 Å². The van der Waals surface area contributed by atoms with Gasteiger partial charge in [0.2, 0.25) is 0 Å². The van der Waals surface area contributed by atoms with Crippen molar-refractivity contribution in [1.82, 2.24) is 20.0 Å². The molecule has 1 aliphatic rings. The Kier molecular flexibility index (Phi) is 6.97. The topological polar surface area (TPSA) is 50.2 Å². The van der Waals surface area contributed by atoms with E-state index in [1.807, 2.05) is 36.7 Å². The minimum Gasteiger partial charge on any atom is -0.350 e. The lowest BCUT2D eigenvalue weighted by atomic mass is 10.0. The fraction of sp³-hybridized carbons (Fsp3) is 0.385. The lowest BCUT2D eigenvalue weighted by Gasteiger charge is -2.29. The average Bonchev–Trinajstić information content (AvgIpc) is 3.39. The standard InChI is InChI=1S/C26H31ClN4O/c1-18-10-12-21(13-11-18)17-31-20(3)25(19(2)29-31)26(32)28-16-24(30-14-6-7-15-30)22-8-4-5-9-23(22)27/h4-5,8-13,24H,6-7,14-17H2,1-3H3,(H,28,32)/t24-/m0/s1. The Hall–Kier alpha value is -2.63. The van der Waals surface area contributed by atoms with Crippen molar-refractivity contribution in [3.63, 3.8) is 0 Å². The van der Waals surface area contributed by atoms with Gasteiger partial charge in [-0.3, -0.25) is 14.4 Å². The molecule has 1 amide bonds. The number of likely N-dealkylation sites (tertiary alicyclic amines) is 1. The number of nitrogens with one attached hydrogen (secondary N) is 1. The highest BCUT2D eigenvalue weighted by Gasteiger charge is 2.27. The molecule has 0 bridgehead atoms. The second kappa shape index (κ2) is 9.88. The summed E-state index contributed by atoms with van der Waals surface area (Å²) in [6.07, 6.45) is 2.36. The molecule has 2 heterocycles. The number of rotatable bonds is 7. The van der Waals surface area contributed by atoms with Crippen molar-refractivity contribution < 1.29 is 4.79 Å². The largest absolute Gasteiger partial charge is 0.350 e. The quantitative estimate of drug-likeness (QED) is 0.546. The van der Waals surface area contributed by atoms with Crippen LogP contribution in [0.15, 0.2) is 48.5 Å². The third-order valence-electron chi connectivity index (χ3n) is 6.36. The minimum absolute atomic E-state index is 0.0679. The minimum atomic E-state index is -0.0774. The second-order valence-electron chi connectivity index (χ2n) is 8.68. The number of hydrogen-bond donors (Lipinski definition) is 1. The maximum absolute atomic E-state index is 13.2. The number of amides is 1. The number of halogens is 1. The zero-order valence-electron chi connectivity index (χ0n) is 19.1. The van der Waals surface area contributed by atoms with Gasteiger partial charge in [0.15, 0.2) is 0 Å². The Balaban J connectivity index is 1.50. The molecule has 1 aliphatic heterocycles. The van der Waals surface area contributed by atoms with Crippen molar-refractivity contribution in [2.24, 2.45) is 0 Å². The van der Waals surface area contributed by atoms with Gasteiger partial charge < -0.3 is 5.32 Å². The smallest absolute Gasteiger partial charge is 0.255 e. The maximum Gasteiger partial charge on any atom is 0.255 e. The van der Waals surface area contributed by atoms with Gasteiger partial charge in [-0.1, -0.05) is 59.6 Å². The van der Waals surface area contributed by atoms with Crippen LogP contribution in [0.25, 0.3) is 0 Å². The molecule has 32 heavy (non-hydrogen) atoms. The first kappa shape index (κ1) is 22.6. The molecule has 5 nitrogen and oxygen atoms in total. The summed E-state index contributed by atoms with van der Waals surface area (Å²) in [6.45, 7) is 9.17. The maximum atomic E-state index is 13.2. The van der Waals surface area contributed by atoms with Crippen molar-refractivity contribution in [2.75, 3.05) is 19.6 Å². The van der Waals surface area contributed by atoms with E-state index in [1.165, 1.54) is 24.0 Å². The molecule has 3 aromatic rings. The first-order chi connectivity index (χ1) is 15.4. The molecule has 1 aromatic heterocycles. The van der Waals surface area contributed by atoms with Gasteiger partial charge in [0.05, 0.1) is 23.8 Å². The number of aryl methyl sites for hydroxylation is 2. The molecule has 0 radical (unpaired) electrons. The van der Waals surface area contributed by atoms with Gasteiger partial charge in [0, 0.05) is 17.3 Å². The van der Waals surface area contributed by atoms with Crippen LogP contribution in [0.5, 0.6) is 0 Å². The molecular weight excluding hydrogens is 420 g/mol. The van der Waals surface area contributed by atoms with Crippen molar-refractivity contribution in [2.45, 2.75) is 46.2 Å². The van der Waals surface area contributed by atoms with Crippen molar-refractivity contribution in [3.8, 4) is 0 Å². The molecule has 1 atom stereocenters. The van der Waals surface area contributed by atoms with E-state index in [9.17, 15) is 4.79 Å². The molecule has 1 N–H and O–H groups in total. The van der Waals surface area contributed by atoms with Crippen molar-refractivity contribution >= 4 is 17.5 Å². The molecule has 0 aliphatic carbocycles. The molecule has 0 unspecified atom stereocenters. The van der Waals surface area contributed by atoms with Gasteiger partial charge in [0.1, 0.15) is 0 Å².